The van der Waals surface area contributed by atoms with Crippen molar-refractivity contribution in [3.8, 4) is 5.75 Å². The summed E-state index contributed by atoms with van der Waals surface area (Å²) in [7, 11) is 0. The Hall–Kier alpha value is -1.51. The summed E-state index contributed by atoms with van der Waals surface area (Å²) < 4.78 is 5.66. The van der Waals surface area contributed by atoms with Gasteiger partial charge in [0.05, 0.1) is 0 Å². The lowest BCUT2D eigenvalue weighted by atomic mass is 9.95. The Morgan fingerprint density at radius 3 is 2.84 bits per heavy atom. The Kier molecular flexibility index (Phi) is 3.45. The van der Waals surface area contributed by atoms with Gasteiger partial charge in [0.2, 0.25) is 0 Å². The molecule has 0 bridgehead atoms. The van der Waals surface area contributed by atoms with Crippen LogP contribution in [0.5, 0.6) is 5.75 Å². The van der Waals surface area contributed by atoms with Gasteiger partial charge >= 0.3 is 0 Å². The fourth-order valence-corrected chi connectivity index (χ4v) is 3.08. The predicted molar refractivity (Wildman–Crippen MR) is 74.6 cm³/mol. The van der Waals surface area contributed by atoms with Crippen LogP contribution in [0.25, 0.3) is 0 Å². The summed E-state index contributed by atoms with van der Waals surface area (Å²) in [6.07, 6.45) is 7.15. The van der Waals surface area contributed by atoms with Crippen LogP contribution in [0.4, 0.5) is 0 Å². The molecule has 1 amide bonds. The molecule has 3 nitrogen and oxygen atoms in total. The zero-order valence-electron chi connectivity index (χ0n) is 11.4. The predicted octanol–water partition coefficient (Wildman–Crippen LogP) is 3.07. The third-order valence-corrected chi connectivity index (χ3v) is 4.10. The Bertz CT molecular complexity index is 478. The molecule has 1 aliphatic carbocycles. The van der Waals surface area contributed by atoms with E-state index in [1.54, 1.807) is 0 Å². The van der Waals surface area contributed by atoms with Gasteiger partial charge in [-0.3, -0.25) is 4.79 Å². The number of carbonyl (C=O) groups excluding carboxylic acids is 1. The highest BCUT2D eigenvalue weighted by Gasteiger charge is 2.21. The van der Waals surface area contributed by atoms with Crippen LogP contribution in [-0.4, -0.2) is 18.1 Å². The maximum absolute atomic E-state index is 12.2. The van der Waals surface area contributed by atoms with Gasteiger partial charge in [-0.25, -0.2) is 0 Å². The standard InChI is InChI=1S/C16H21NO2/c1-11-9-13-10-12(7-8-15(13)19-11)16(18)17-14-5-3-2-4-6-14/h7-8,10-11,14H,2-6,9H2,1H3,(H,17,18). The average Bonchev–Trinajstić information content (AvgIpc) is 2.78. The molecule has 0 radical (unpaired) electrons. The molecule has 19 heavy (non-hydrogen) atoms. The smallest absolute Gasteiger partial charge is 0.251 e. The van der Waals surface area contributed by atoms with Gasteiger partial charge in [0.15, 0.2) is 0 Å². The van der Waals surface area contributed by atoms with Crippen molar-refractivity contribution in [1.82, 2.24) is 5.32 Å². The lowest BCUT2D eigenvalue weighted by Gasteiger charge is -2.22. The van der Waals surface area contributed by atoms with E-state index in [1.807, 2.05) is 18.2 Å². The normalized spacial score (nSPS) is 22.7. The van der Waals surface area contributed by atoms with E-state index in [1.165, 1.54) is 19.3 Å². The molecule has 1 N–H and O–H groups in total. The Morgan fingerprint density at radius 2 is 2.05 bits per heavy atom. The highest BCUT2D eigenvalue weighted by Crippen LogP contribution is 2.29. The van der Waals surface area contributed by atoms with Gasteiger partial charge in [-0.1, -0.05) is 19.3 Å². The fourth-order valence-electron chi connectivity index (χ4n) is 3.08. The first-order valence-electron chi connectivity index (χ1n) is 7.33. The molecular formula is C16H21NO2. The average molecular weight is 259 g/mol. The van der Waals surface area contributed by atoms with Crippen molar-refractivity contribution in [2.75, 3.05) is 0 Å². The fraction of sp³-hybridized carbons (Fsp3) is 0.562. The minimum Gasteiger partial charge on any atom is -0.490 e. The molecular weight excluding hydrogens is 238 g/mol. The van der Waals surface area contributed by atoms with Gasteiger partial charge in [-0.2, -0.15) is 0 Å². The van der Waals surface area contributed by atoms with Crippen LogP contribution in [0.15, 0.2) is 18.2 Å². The van der Waals surface area contributed by atoms with Crippen molar-refractivity contribution in [2.24, 2.45) is 0 Å². The second kappa shape index (κ2) is 5.24. The van der Waals surface area contributed by atoms with E-state index >= 15 is 0 Å². The molecule has 1 fully saturated rings. The molecule has 1 unspecified atom stereocenters. The second-order valence-electron chi connectivity index (χ2n) is 5.76. The SMILES string of the molecule is CC1Cc2cc(C(=O)NC3CCCCC3)ccc2O1. The first-order chi connectivity index (χ1) is 9.22. The van der Waals surface area contributed by atoms with Gasteiger partial charge in [-0.15, -0.1) is 0 Å². The zero-order valence-corrected chi connectivity index (χ0v) is 11.4. The van der Waals surface area contributed by atoms with Crippen LogP contribution in [0.3, 0.4) is 0 Å². The minimum atomic E-state index is 0.0641. The zero-order chi connectivity index (χ0) is 13.2. The minimum absolute atomic E-state index is 0.0641. The molecule has 1 saturated carbocycles. The van der Waals surface area contributed by atoms with Gasteiger partial charge in [0.25, 0.3) is 5.91 Å². The molecule has 3 heteroatoms. The second-order valence-corrected chi connectivity index (χ2v) is 5.76. The summed E-state index contributed by atoms with van der Waals surface area (Å²) in [5.41, 5.74) is 1.92. The topological polar surface area (TPSA) is 38.3 Å². The maximum atomic E-state index is 12.2. The number of nitrogens with one attached hydrogen (secondary N) is 1. The van der Waals surface area contributed by atoms with E-state index in [0.29, 0.717) is 6.04 Å². The van der Waals surface area contributed by atoms with Crippen LogP contribution in [0.1, 0.15) is 54.9 Å². The van der Waals surface area contributed by atoms with Crippen molar-refractivity contribution in [1.29, 1.82) is 0 Å². The van der Waals surface area contributed by atoms with Crippen LogP contribution in [-0.2, 0) is 6.42 Å². The molecule has 3 rings (SSSR count). The number of carbonyl (C=O) groups is 1. The Labute approximate surface area is 114 Å². The van der Waals surface area contributed by atoms with Crippen LogP contribution >= 0.6 is 0 Å². The van der Waals surface area contributed by atoms with Gasteiger partial charge < -0.3 is 10.1 Å². The van der Waals surface area contributed by atoms with Crippen LogP contribution in [0.2, 0.25) is 0 Å². The molecule has 1 heterocycles. The highest BCUT2D eigenvalue weighted by atomic mass is 16.5. The Morgan fingerprint density at radius 1 is 1.26 bits per heavy atom. The Balaban J connectivity index is 1.68. The largest absolute Gasteiger partial charge is 0.490 e. The number of benzene rings is 1. The van der Waals surface area contributed by atoms with Crippen molar-refractivity contribution >= 4 is 5.91 Å². The lowest BCUT2D eigenvalue weighted by Crippen LogP contribution is -2.36. The van der Waals surface area contributed by atoms with Crippen LogP contribution < -0.4 is 10.1 Å². The van der Waals surface area contributed by atoms with Crippen molar-refractivity contribution in [3.63, 3.8) is 0 Å². The van der Waals surface area contributed by atoms with E-state index in [0.717, 1.165) is 36.1 Å². The van der Waals surface area contributed by atoms with Crippen molar-refractivity contribution in [2.45, 2.75) is 57.6 Å². The van der Waals surface area contributed by atoms with Gasteiger partial charge in [-0.05, 0) is 43.5 Å². The van der Waals surface area contributed by atoms with Gasteiger partial charge in [0, 0.05) is 18.0 Å². The molecule has 1 aromatic carbocycles. The summed E-state index contributed by atoms with van der Waals surface area (Å²) in [6, 6.07) is 6.14. The maximum Gasteiger partial charge on any atom is 0.251 e. The van der Waals surface area contributed by atoms with E-state index < -0.39 is 0 Å². The molecule has 1 aliphatic heterocycles. The quantitative estimate of drug-likeness (QED) is 0.886. The highest BCUT2D eigenvalue weighted by molar-refractivity contribution is 5.94. The summed E-state index contributed by atoms with van der Waals surface area (Å²) in [5, 5.41) is 3.16. The molecule has 102 valence electrons. The van der Waals surface area contributed by atoms with E-state index in [9.17, 15) is 4.79 Å². The van der Waals surface area contributed by atoms with E-state index in [2.05, 4.69) is 12.2 Å². The summed E-state index contributed by atoms with van der Waals surface area (Å²) in [4.78, 5) is 12.2. The molecule has 2 aliphatic rings. The summed E-state index contributed by atoms with van der Waals surface area (Å²) >= 11 is 0. The molecule has 0 aromatic heterocycles. The molecule has 1 atom stereocenters. The summed E-state index contributed by atoms with van der Waals surface area (Å²) in [6.45, 7) is 2.06. The molecule has 0 saturated heterocycles. The molecule has 0 spiro atoms. The number of hydrogen-bond donors (Lipinski definition) is 1. The number of rotatable bonds is 2. The number of amides is 1. The van der Waals surface area contributed by atoms with Crippen molar-refractivity contribution < 1.29 is 9.53 Å². The third-order valence-electron chi connectivity index (χ3n) is 4.10. The molecule has 1 aromatic rings. The van der Waals surface area contributed by atoms with Crippen LogP contribution in [0, 0.1) is 0 Å². The number of hydrogen-bond acceptors (Lipinski definition) is 2. The number of ether oxygens (including phenoxy) is 1. The van der Waals surface area contributed by atoms with Crippen molar-refractivity contribution in [3.05, 3.63) is 29.3 Å². The lowest BCUT2D eigenvalue weighted by molar-refractivity contribution is 0.0927. The first-order valence-corrected chi connectivity index (χ1v) is 7.33. The van der Waals surface area contributed by atoms with E-state index in [4.69, 9.17) is 4.74 Å². The monoisotopic (exact) mass is 259 g/mol. The van der Waals surface area contributed by atoms with E-state index in [-0.39, 0.29) is 12.0 Å². The third kappa shape index (κ3) is 2.75. The van der Waals surface area contributed by atoms with Gasteiger partial charge in [0.1, 0.15) is 11.9 Å². The number of fused-ring (bicyclic) bond motifs is 1. The summed E-state index contributed by atoms with van der Waals surface area (Å²) in [5.74, 6) is 0.996. The first kappa shape index (κ1) is 12.5.